The van der Waals surface area contributed by atoms with Gasteiger partial charge in [-0.25, -0.2) is 0 Å². The summed E-state index contributed by atoms with van der Waals surface area (Å²) in [6.07, 6.45) is 0. The van der Waals surface area contributed by atoms with E-state index in [1.807, 2.05) is 26.1 Å². The van der Waals surface area contributed by atoms with Gasteiger partial charge >= 0.3 is 0 Å². The van der Waals surface area contributed by atoms with Gasteiger partial charge in [0.05, 0.1) is 7.05 Å². The van der Waals surface area contributed by atoms with E-state index < -0.39 is 0 Å². The van der Waals surface area contributed by atoms with Crippen molar-refractivity contribution in [1.29, 1.82) is 0 Å². The Morgan fingerprint density at radius 2 is 1.67 bits per heavy atom. The van der Waals surface area contributed by atoms with Crippen LogP contribution in [0.25, 0.3) is 0 Å². The molecule has 0 saturated heterocycles. The van der Waals surface area contributed by atoms with Crippen LogP contribution in [0, 0.1) is 0 Å². The molecule has 126 valence electrons. The highest BCUT2D eigenvalue weighted by Gasteiger charge is 2.22. The minimum absolute atomic E-state index is 0.0138. The number of quaternary nitrogens is 1. The molecule has 0 aliphatic rings. The minimum Gasteiger partial charge on any atom is -0.324 e. The highest BCUT2D eigenvalue weighted by molar-refractivity contribution is 9.10. The molecule has 0 bridgehead atoms. The monoisotopic (exact) mass is 389 g/mol. The molecule has 0 aliphatic carbocycles. The second-order valence-electron chi connectivity index (χ2n) is 5.99. The van der Waals surface area contributed by atoms with E-state index in [1.54, 1.807) is 24.3 Å². The number of hydrogen-bond acceptors (Lipinski definition) is 2. The van der Waals surface area contributed by atoms with Gasteiger partial charge in [-0.1, -0.05) is 28.1 Å². The Balaban J connectivity index is 1.95. The maximum absolute atomic E-state index is 12.4. The maximum Gasteiger partial charge on any atom is 0.282 e. The molecule has 1 unspecified atom stereocenters. The molecule has 0 saturated carbocycles. The number of hydrogen-bond donors (Lipinski definition) is 2. The Morgan fingerprint density at radius 1 is 1.08 bits per heavy atom. The van der Waals surface area contributed by atoms with Crippen LogP contribution in [0.4, 0.5) is 5.69 Å². The van der Waals surface area contributed by atoms with Crippen LogP contribution >= 0.6 is 15.9 Å². The highest BCUT2D eigenvalue weighted by Crippen LogP contribution is 2.11. The van der Waals surface area contributed by atoms with E-state index in [0.29, 0.717) is 11.3 Å². The van der Waals surface area contributed by atoms with Crippen molar-refractivity contribution in [3.63, 3.8) is 0 Å². The van der Waals surface area contributed by atoms with E-state index >= 15 is 0 Å². The summed E-state index contributed by atoms with van der Waals surface area (Å²) < 4.78 is 1.05. The number of ketones is 1. The van der Waals surface area contributed by atoms with Crippen molar-refractivity contribution < 1.29 is 14.5 Å². The minimum atomic E-state index is -0.193. The van der Waals surface area contributed by atoms with Crippen LogP contribution in [0.5, 0.6) is 0 Å². The van der Waals surface area contributed by atoms with Crippen molar-refractivity contribution in [2.24, 2.45) is 0 Å². The van der Waals surface area contributed by atoms with Gasteiger partial charge in [0.1, 0.15) is 6.54 Å². The first kappa shape index (κ1) is 18.4. The summed E-state index contributed by atoms with van der Waals surface area (Å²) in [5.41, 5.74) is 2.52. The molecule has 0 radical (unpaired) electrons. The SMILES string of the molecule is CC(=O)c1ccc(NC(=O)[C@@H](C)[NH+](C)Cc2ccc(Br)cc2)cc1. The number of carbonyl (C=O) groups excluding carboxylic acids is 2. The van der Waals surface area contributed by atoms with Crippen LogP contribution in [0.15, 0.2) is 53.0 Å². The molecule has 0 spiro atoms. The topological polar surface area (TPSA) is 50.6 Å². The Morgan fingerprint density at radius 3 is 2.21 bits per heavy atom. The summed E-state index contributed by atoms with van der Waals surface area (Å²) >= 11 is 3.42. The molecule has 0 fully saturated rings. The molecule has 2 N–H and O–H groups in total. The fraction of sp³-hybridized carbons (Fsp3) is 0.263. The van der Waals surface area contributed by atoms with Crippen LogP contribution in [0.2, 0.25) is 0 Å². The van der Waals surface area contributed by atoms with Crippen LogP contribution in [-0.2, 0) is 11.3 Å². The summed E-state index contributed by atoms with van der Waals surface area (Å²) in [5, 5.41) is 2.91. The number of amides is 1. The average Bonchev–Trinajstić information content (AvgIpc) is 2.56. The largest absolute Gasteiger partial charge is 0.324 e. The third-order valence-corrected chi connectivity index (χ3v) is 4.62. The Hall–Kier alpha value is -1.98. The van der Waals surface area contributed by atoms with Crippen LogP contribution < -0.4 is 10.2 Å². The smallest absolute Gasteiger partial charge is 0.282 e. The van der Waals surface area contributed by atoms with Gasteiger partial charge in [0.15, 0.2) is 11.8 Å². The second kappa shape index (κ2) is 8.22. The number of benzene rings is 2. The maximum atomic E-state index is 12.4. The standard InChI is InChI=1S/C19H21BrN2O2/c1-13(22(3)12-15-4-8-17(20)9-5-15)19(24)21-18-10-6-16(7-11-18)14(2)23/h4-11,13H,12H2,1-3H3,(H,21,24)/p+1/t13-/m1/s1. The zero-order valence-electron chi connectivity index (χ0n) is 14.1. The third kappa shape index (κ3) is 5.01. The zero-order valence-corrected chi connectivity index (χ0v) is 15.7. The number of carbonyl (C=O) groups is 2. The van der Waals surface area contributed by atoms with Crippen molar-refractivity contribution in [1.82, 2.24) is 0 Å². The quantitative estimate of drug-likeness (QED) is 0.746. The molecule has 24 heavy (non-hydrogen) atoms. The lowest BCUT2D eigenvalue weighted by Crippen LogP contribution is -3.12. The Labute approximate surface area is 151 Å². The number of nitrogens with one attached hydrogen (secondary N) is 2. The molecule has 0 aromatic heterocycles. The van der Waals surface area contributed by atoms with E-state index in [2.05, 4.69) is 33.4 Å². The van der Waals surface area contributed by atoms with Gasteiger partial charge < -0.3 is 10.2 Å². The molecule has 2 rings (SSSR count). The summed E-state index contributed by atoms with van der Waals surface area (Å²) in [4.78, 5) is 24.8. The average molecular weight is 390 g/mol. The lowest BCUT2D eigenvalue weighted by molar-refractivity contribution is -0.907. The zero-order chi connectivity index (χ0) is 17.7. The van der Waals surface area contributed by atoms with Gasteiger partial charge in [0, 0.05) is 21.3 Å². The third-order valence-electron chi connectivity index (χ3n) is 4.09. The molecular weight excluding hydrogens is 368 g/mol. The summed E-state index contributed by atoms with van der Waals surface area (Å²) in [7, 11) is 2.01. The van der Waals surface area contributed by atoms with E-state index in [9.17, 15) is 9.59 Å². The van der Waals surface area contributed by atoms with Gasteiger partial charge in [-0.2, -0.15) is 0 Å². The molecule has 5 heteroatoms. The lowest BCUT2D eigenvalue weighted by atomic mass is 10.1. The normalized spacial score (nSPS) is 13.2. The molecule has 2 aromatic carbocycles. The van der Waals surface area contributed by atoms with E-state index in [4.69, 9.17) is 0 Å². The molecule has 2 aromatic rings. The highest BCUT2D eigenvalue weighted by atomic mass is 79.9. The fourth-order valence-electron chi connectivity index (χ4n) is 2.34. The predicted octanol–water partition coefficient (Wildman–Crippen LogP) is 2.69. The van der Waals surface area contributed by atoms with Crippen molar-refractivity contribution in [2.75, 3.05) is 12.4 Å². The van der Waals surface area contributed by atoms with Crippen LogP contribution in [0.3, 0.4) is 0 Å². The van der Waals surface area contributed by atoms with Crippen LogP contribution in [-0.4, -0.2) is 24.8 Å². The number of rotatable bonds is 6. The Bertz CT molecular complexity index is 711. The Kier molecular flexibility index (Phi) is 6.29. The van der Waals surface area contributed by atoms with E-state index in [0.717, 1.165) is 15.9 Å². The summed E-state index contributed by atoms with van der Waals surface area (Å²) in [5.74, 6) is -0.0277. The molecule has 0 heterocycles. The summed E-state index contributed by atoms with van der Waals surface area (Å²) in [6.45, 7) is 4.20. The molecule has 0 aliphatic heterocycles. The van der Waals surface area contributed by atoms with Gasteiger partial charge in [-0.05, 0) is 50.2 Å². The first-order chi connectivity index (χ1) is 11.4. The van der Waals surface area contributed by atoms with Gasteiger partial charge in [0.2, 0.25) is 0 Å². The van der Waals surface area contributed by atoms with Gasteiger partial charge in [0.25, 0.3) is 5.91 Å². The van der Waals surface area contributed by atoms with Crippen molar-refractivity contribution in [3.05, 3.63) is 64.1 Å². The van der Waals surface area contributed by atoms with Gasteiger partial charge in [-0.3, -0.25) is 9.59 Å². The second-order valence-corrected chi connectivity index (χ2v) is 6.91. The molecular formula is C19H22BrN2O2+. The summed E-state index contributed by atoms with van der Waals surface area (Å²) in [6, 6.07) is 14.9. The number of anilines is 1. The number of halogens is 1. The molecule has 1 amide bonds. The van der Waals surface area contributed by atoms with E-state index in [-0.39, 0.29) is 17.7 Å². The predicted molar refractivity (Wildman–Crippen MR) is 99.3 cm³/mol. The first-order valence-corrected chi connectivity index (χ1v) is 8.64. The molecule has 4 nitrogen and oxygen atoms in total. The van der Waals surface area contributed by atoms with Crippen molar-refractivity contribution >= 4 is 33.3 Å². The van der Waals surface area contributed by atoms with Crippen molar-refractivity contribution in [2.45, 2.75) is 26.4 Å². The fourth-order valence-corrected chi connectivity index (χ4v) is 2.60. The number of Topliss-reactive ketones (excluding diaryl/α,β-unsaturated/α-hetero) is 1. The van der Waals surface area contributed by atoms with Gasteiger partial charge in [-0.15, -0.1) is 0 Å². The van der Waals surface area contributed by atoms with E-state index in [1.165, 1.54) is 12.5 Å². The molecule has 2 atom stereocenters. The first-order valence-electron chi connectivity index (χ1n) is 7.85. The number of likely N-dealkylation sites (N-methyl/N-ethyl adjacent to an activating group) is 1. The van der Waals surface area contributed by atoms with Crippen LogP contribution in [0.1, 0.15) is 29.8 Å². The van der Waals surface area contributed by atoms with Crippen molar-refractivity contribution in [3.8, 4) is 0 Å². The lowest BCUT2D eigenvalue weighted by Gasteiger charge is -2.21.